The topological polar surface area (TPSA) is 77.4 Å². The van der Waals surface area contributed by atoms with Crippen LogP contribution in [0.3, 0.4) is 0 Å². The second-order valence-electron chi connectivity index (χ2n) is 7.36. The molecule has 3 aromatic carbocycles. The lowest BCUT2D eigenvalue weighted by atomic mass is 10.0. The number of ether oxygens (including phenoxy) is 1. The van der Waals surface area contributed by atoms with Gasteiger partial charge >= 0.3 is 0 Å². The Kier molecular flexibility index (Phi) is 6.31. The van der Waals surface area contributed by atoms with Crippen LogP contribution in [0.25, 0.3) is 10.9 Å². The molecule has 1 N–H and O–H groups in total. The first-order chi connectivity index (χ1) is 16.0. The van der Waals surface area contributed by atoms with Crippen molar-refractivity contribution >= 4 is 28.3 Å². The van der Waals surface area contributed by atoms with Crippen molar-refractivity contribution in [2.75, 3.05) is 11.9 Å². The number of ketones is 1. The average molecular weight is 444 g/mol. The second kappa shape index (κ2) is 9.48. The fourth-order valence-electron chi connectivity index (χ4n) is 3.56. The van der Waals surface area contributed by atoms with Gasteiger partial charge in [-0.2, -0.15) is 0 Å². The molecule has 0 aliphatic rings. The van der Waals surface area contributed by atoms with E-state index in [1.807, 2.05) is 6.92 Å². The van der Waals surface area contributed by atoms with Crippen molar-refractivity contribution in [1.82, 2.24) is 4.57 Å². The largest absolute Gasteiger partial charge is 0.494 e. The van der Waals surface area contributed by atoms with Crippen molar-refractivity contribution in [2.24, 2.45) is 0 Å². The van der Waals surface area contributed by atoms with Crippen molar-refractivity contribution in [3.63, 3.8) is 0 Å². The Morgan fingerprint density at radius 3 is 2.42 bits per heavy atom. The lowest BCUT2D eigenvalue weighted by Crippen LogP contribution is -2.24. The van der Waals surface area contributed by atoms with Gasteiger partial charge in [0.25, 0.3) is 0 Å². The maximum Gasteiger partial charge on any atom is 0.244 e. The van der Waals surface area contributed by atoms with Gasteiger partial charge in [-0.25, -0.2) is 4.39 Å². The number of halogens is 1. The highest BCUT2D eigenvalue weighted by Gasteiger charge is 2.18. The summed E-state index contributed by atoms with van der Waals surface area (Å²) in [5, 5.41) is 2.97. The van der Waals surface area contributed by atoms with Crippen molar-refractivity contribution in [3.8, 4) is 5.75 Å². The SMILES string of the molecule is CCOc1ccc2c(c1)c(=O)c(C(=O)c1ccccc1)cn2CC(=O)Nc1ccc(F)cc1. The van der Waals surface area contributed by atoms with Gasteiger partial charge in [-0.05, 0) is 49.4 Å². The zero-order chi connectivity index (χ0) is 23.4. The summed E-state index contributed by atoms with van der Waals surface area (Å²) in [6.07, 6.45) is 1.41. The summed E-state index contributed by atoms with van der Waals surface area (Å²) >= 11 is 0. The van der Waals surface area contributed by atoms with Crippen molar-refractivity contribution < 1.29 is 18.7 Å². The van der Waals surface area contributed by atoms with Crippen LogP contribution >= 0.6 is 0 Å². The molecule has 166 valence electrons. The van der Waals surface area contributed by atoms with Crippen LogP contribution in [-0.4, -0.2) is 22.9 Å². The number of pyridine rings is 1. The molecule has 0 saturated heterocycles. The van der Waals surface area contributed by atoms with Gasteiger partial charge in [0.1, 0.15) is 18.1 Å². The van der Waals surface area contributed by atoms with Gasteiger partial charge in [0.05, 0.1) is 23.1 Å². The van der Waals surface area contributed by atoms with Crippen molar-refractivity contribution in [2.45, 2.75) is 13.5 Å². The van der Waals surface area contributed by atoms with Crippen molar-refractivity contribution in [3.05, 3.63) is 106 Å². The predicted molar refractivity (Wildman–Crippen MR) is 124 cm³/mol. The maximum atomic E-state index is 13.2. The highest BCUT2D eigenvalue weighted by atomic mass is 19.1. The third-order valence-corrected chi connectivity index (χ3v) is 5.09. The molecular weight excluding hydrogens is 423 g/mol. The molecule has 4 aromatic rings. The van der Waals surface area contributed by atoms with Gasteiger partial charge in [0, 0.05) is 17.4 Å². The van der Waals surface area contributed by atoms with E-state index >= 15 is 0 Å². The first kappa shape index (κ1) is 22.0. The van der Waals surface area contributed by atoms with E-state index in [0.29, 0.717) is 29.1 Å². The zero-order valence-corrected chi connectivity index (χ0v) is 17.9. The minimum Gasteiger partial charge on any atom is -0.494 e. The van der Waals surface area contributed by atoms with Gasteiger partial charge in [-0.1, -0.05) is 30.3 Å². The van der Waals surface area contributed by atoms with Crippen LogP contribution in [0.2, 0.25) is 0 Å². The summed E-state index contributed by atoms with van der Waals surface area (Å²) in [5.74, 6) is -0.738. The Hall–Kier alpha value is -4.26. The zero-order valence-electron chi connectivity index (χ0n) is 17.9. The van der Waals surface area contributed by atoms with E-state index in [9.17, 15) is 18.8 Å². The molecule has 7 heteroatoms. The standard InChI is InChI=1S/C26H21FN2O4/c1-2-33-20-12-13-23-21(14-20)26(32)22(25(31)17-6-4-3-5-7-17)15-29(23)16-24(30)28-19-10-8-18(27)9-11-19/h3-15H,2,16H2,1H3,(H,28,30). The highest BCUT2D eigenvalue weighted by Crippen LogP contribution is 2.21. The number of nitrogens with zero attached hydrogens (tertiary/aromatic N) is 1. The monoisotopic (exact) mass is 444 g/mol. The molecular formula is C26H21FN2O4. The molecule has 0 fully saturated rings. The molecule has 6 nitrogen and oxygen atoms in total. The number of rotatable bonds is 7. The Morgan fingerprint density at radius 1 is 1.00 bits per heavy atom. The van der Waals surface area contributed by atoms with Crippen molar-refractivity contribution in [1.29, 1.82) is 0 Å². The number of hydrogen-bond donors (Lipinski definition) is 1. The number of carbonyl (C=O) groups excluding carboxylic acids is 2. The van der Waals surface area contributed by atoms with Crippen LogP contribution in [0.4, 0.5) is 10.1 Å². The smallest absolute Gasteiger partial charge is 0.244 e. The van der Waals surface area contributed by atoms with Crippen LogP contribution in [0, 0.1) is 5.82 Å². The molecule has 0 bridgehead atoms. The Labute approximate surface area is 189 Å². The van der Waals surface area contributed by atoms with Crippen LogP contribution in [0.1, 0.15) is 22.8 Å². The number of carbonyl (C=O) groups is 2. The van der Waals surface area contributed by atoms with E-state index in [4.69, 9.17) is 4.74 Å². The molecule has 0 radical (unpaired) electrons. The van der Waals surface area contributed by atoms with Crippen LogP contribution in [-0.2, 0) is 11.3 Å². The van der Waals surface area contributed by atoms with Gasteiger partial charge in [0.2, 0.25) is 11.3 Å². The van der Waals surface area contributed by atoms with E-state index in [2.05, 4.69) is 5.32 Å². The molecule has 0 saturated carbocycles. The lowest BCUT2D eigenvalue weighted by molar-refractivity contribution is -0.116. The fourth-order valence-corrected chi connectivity index (χ4v) is 3.56. The number of benzene rings is 3. The Balaban J connectivity index is 1.77. The summed E-state index contributed by atoms with van der Waals surface area (Å²) in [6, 6.07) is 18.9. The minimum absolute atomic E-state index is 0.0445. The van der Waals surface area contributed by atoms with Gasteiger partial charge in [0.15, 0.2) is 5.78 Å². The number of amides is 1. The Morgan fingerprint density at radius 2 is 1.73 bits per heavy atom. The molecule has 0 aliphatic carbocycles. The minimum atomic E-state index is -0.435. The number of fused-ring (bicyclic) bond motifs is 1. The molecule has 1 amide bonds. The summed E-state index contributed by atoms with van der Waals surface area (Å²) in [4.78, 5) is 39.0. The van der Waals surface area contributed by atoms with E-state index in [1.165, 1.54) is 30.5 Å². The van der Waals surface area contributed by atoms with E-state index < -0.39 is 22.9 Å². The van der Waals surface area contributed by atoms with Gasteiger partial charge in [-0.3, -0.25) is 14.4 Å². The molecule has 0 atom stereocenters. The fraction of sp³-hybridized carbons (Fsp3) is 0.115. The molecule has 0 unspecified atom stereocenters. The maximum absolute atomic E-state index is 13.2. The van der Waals surface area contributed by atoms with Crippen LogP contribution in [0.15, 0.2) is 83.8 Å². The normalized spacial score (nSPS) is 10.7. The molecule has 0 aliphatic heterocycles. The first-order valence-electron chi connectivity index (χ1n) is 10.4. The summed E-state index contributed by atoms with van der Waals surface area (Å²) in [5.41, 5.74) is 0.818. The second-order valence-corrected chi connectivity index (χ2v) is 7.36. The number of anilines is 1. The van der Waals surface area contributed by atoms with Gasteiger partial charge in [-0.15, -0.1) is 0 Å². The van der Waals surface area contributed by atoms with E-state index in [-0.39, 0.29) is 17.5 Å². The molecule has 33 heavy (non-hydrogen) atoms. The van der Waals surface area contributed by atoms with Crippen LogP contribution < -0.4 is 15.5 Å². The lowest BCUT2D eigenvalue weighted by Gasteiger charge is -2.14. The third-order valence-electron chi connectivity index (χ3n) is 5.09. The highest BCUT2D eigenvalue weighted by molar-refractivity contribution is 6.10. The summed E-state index contributed by atoms with van der Waals surface area (Å²) in [7, 11) is 0. The quantitative estimate of drug-likeness (QED) is 0.429. The number of aromatic nitrogens is 1. The summed E-state index contributed by atoms with van der Waals surface area (Å²) in [6.45, 7) is 2.09. The average Bonchev–Trinajstić information content (AvgIpc) is 2.83. The van der Waals surface area contributed by atoms with E-state index in [0.717, 1.165) is 0 Å². The molecule has 1 aromatic heterocycles. The molecule has 4 rings (SSSR count). The summed E-state index contributed by atoms with van der Waals surface area (Å²) < 4.78 is 20.2. The van der Waals surface area contributed by atoms with Gasteiger partial charge < -0.3 is 14.6 Å². The third kappa shape index (κ3) is 4.82. The predicted octanol–water partition coefficient (Wildman–Crippen LogP) is 4.41. The number of nitrogens with one attached hydrogen (secondary N) is 1. The Bertz CT molecular complexity index is 1380. The number of hydrogen-bond acceptors (Lipinski definition) is 4. The van der Waals surface area contributed by atoms with Crippen LogP contribution in [0.5, 0.6) is 5.75 Å². The first-order valence-corrected chi connectivity index (χ1v) is 10.4. The molecule has 0 spiro atoms. The van der Waals surface area contributed by atoms with E-state index in [1.54, 1.807) is 53.1 Å². The molecule has 1 heterocycles.